The van der Waals surface area contributed by atoms with Crippen LogP contribution < -0.4 is 0 Å². The van der Waals surface area contributed by atoms with E-state index in [2.05, 4.69) is 24.9 Å². The van der Waals surface area contributed by atoms with E-state index in [0.29, 0.717) is 6.42 Å². The fourth-order valence-corrected chi connectivity index (χ4v) is 2.11. The Morgan fingerprint density at radius 2 is 1.89 bits per heavy atom. The molecule has 0 amide bonds. The molecule has 18 heavy (non-hydrogen) atoms. The van der Waals surface area contributed by atoms with Gasteiger partial charge in [-0.2, -0.15) is 0 Å². The molecule has 0 aromatic carbocycles. The van der Waals surface area contributed by atoms with Crippen molar-refractivity contribution in [1.82, 2.24) is 4.98 Å². The molecule has 0 spiro atoms. The second kappa shape index (κ2) is 9.09. The first-order chi connectivity index (χ1) is 8.76. The molecule has 0 aliphatic heterocycles. The van der Waals surface area contributed by atoms with Crippen molar-refractivity contribution in [1.29, 1.82) is 0 Å². The molecule has 0 bridgehead atoms. The van der Waals surface area contributed by atoms with Crippen molar-refractivity contribution < 1.29 is 5.11 Å². The maximum Gasteiger partial charge on any atom is 0.0595 e. The molecule has 0 saturated carbocycles. The summed E-state index contributed by atoms with van der Waals surface area (Å²) in [6.45, 7) is 4.35. The number of pyridine rings is 1. The fourth-order valence-electron chi connectivity index (χ4n) is 2.11. The van der Waals surface area contributed by atoms with Gasteiger partial charge < -0.3 is 5.11 Å². The Kier molecular flexibility index (Phi) is 7.66. The standard InChI is InChI=1S/C16H27NO/c1-3-5-6-7-8-9-16(18)12-15-11-10-14(4-2)13-17-15/h10-11,13,16,18H,3-9,12H2,1-2H3. The van der Waals surface area contributed by atoms with E-state index in [1.807, 2.05) is 12.3 Å². The van der Waals surface area contributed by atoms with E-state index < -0.39 is 0 Å². The molecule has 1 unspecified atom stereocenters. The highest BCUT2D eigenvalue weighted by Crippen LogP contribution is 2.11. The van der Waals surface area contributed by atoms with Gasteiger partial charge in [-0.25, -0.2) is 0 Å². The lowest BCUT2D eigenvalue weighted by Crippen LogP contribution is -2.11. The molecule has 2 nitrogen and oxygen atoms in total. The Hall–Kier alpha value is -0.890. The van der Waals surface area contributed by atoms with Crippen LogP contribution in [-0.4, -0.2) is 16.2 Å². The quantitative estimate of drug-likeness (QED) is 0.673. The number of aryl methyl sites for hydroxylation is 1. The number of unbranched alkanes of at least 4 members (excludes halogenated alkanes) is 4. The van der Waals surface area contributed by atoms with E-state index in [9.17, 15) is 5.11 Å². The van der Waals surface area contributed by atoms with Crippen LogP contribution in [0.2, 0.25) is 0 Å². The van der Waals surface area contributed by atoms with Crippen molar-refractivity contribution >= 4 is 0 Å². The van der Waals surface area contributed by atoms with Gasteiger partial charge >= 0.3 is 0 Å². The molecule has 0 aliphatic rings. The molecule has 0 aliphatic carbocycles. The van der Waals surface area contributed by atoms with Gasteiger partial charge in [-0.05, 0) is 24.5 Å². The zero-order valence-electron chi connectivity index (χ0n) is 11.9. The molecule has 1 heterocycles. The minimum Gasteiger partial charge on any atom is -0.393 e. The van der Waals surface area contributed by atoms with Crippen LogP contribution in [0, 0.1) is 0 Å². The highest BCUT2D eigenvalue weighted by atomic mass is 16.3. The first-order valence-electron chi connectivity index (χ1n) is 7.38. The number of aliphatic hydroxyl groups excluding tert-OH is 1. The lowest BCUT2D eigenvalue weighted by molar-refractivity contribution is 0.159. The first kappa shape index (κ1) is 15.2. The SMILES string of the molecule is CCCCCCCC(O)Cc1ccc(CC)cn1. The van der Waals surface area contributed by atoms with Crippen molar-refractivity contribution in [3.05, 3.63) is 29.6 Å². The van der Waals surface area contributed by atoms with Crippen molar-refractivity contribution in [2.24, 2.45) is 0 Å². The maximum absolute atomic E-state index is 9.95. The van der Waals surface area contributed by atoms with Crippen LogP contribution in [0.3, 0.4) is 0 Å². The van der Waals surface area contributed by atoms with Gasteiger partial charge in [-0.3, -0.25) is 4.98 Å². The molecule has 0 saturated heterocycles. The summed E-state index contributed by atoms with van der Waals surface area (Å²) in [5.41, 5.74) is 2.26. The molecule has 1 aromatic rings. The lowest BCUT2D eigenvalue weighted by atomic mass is 10.0. The van der Waals surface area contributed by atoms with Crippen molar-refractivity contribution in [2.75, 3.05) is 0 Å². The van der Waals surface area contributed by atoms with Crippen LogP contribution in [0.1, 0.15) is 63.6 Å². The van der Waals surface area contributed by atoms with E-state index in [1.165, 1.54) is 31.2 Å². The number of hydrogen-bond acceptors (Lipinski definition) is 2. The van der Waals surface area contributed by atoms with Gasteiger partial charge in [0.2, 0.25) is 0 Å². The summed E-state index contributed by atoms with van der Waals surface area (Å²) in [7, 11) is 0. The molecule has 0 radical (unpaired) electrons. The van der Waals surface area contributed by atoms with Crippen LogP contribution in [0.4, 0.5) is 0 Å². The molecular formula is C16H27NO. The summed E-state index contributed by atoms with van der Waals surface area (Å²) in [5, 5.41) is 9.95. The zero-order chi connectivity index (χ0) is 13.2. The van der Waals surface area contributed by atoms with Crippen LogP contribution in [0.5, 0.6) is 0 Å². The van der Waals surface area contributed by atoms with Gasteiger partial charge in [0.25, 0.3) is 0 Å². The monoisotopic (exact) mass is 249 g/mol. The van der Waals surface area contributed by atoms with Gasteiger partial charge in [0, 0.05) is 18.3 Å². The van der Waals surface area contributed by atoms with Crippen LogP contribution in [0.15, 0.2) is 18.3 Å². The van der Waals surface area contributed by atoms with E-state index in [4.69, 9.17) is 0 Å². The molecular weight excluding hydrogens is 222 g/mol. The largest absolute Gasteiger partial charge is 0.393 e. The number of nitrogens with zero attached hydrogens (tertiary/aromatic N) is 1. The molecule has 1 atom stereocenters. The molecule has 2 heteroatoms. The molecule has 1 aromatic heterocycles. The van der Waals surface area contributed by atoms with Crippen LogP contribution in [0.25, 0.3) is 0 Å². The summed E-state index contributed by atoms with van der Waals surface area (Å²) in [6.07, 6.45) is 10.6. The smallest absolute Gasteiger partial charge is 0.0595 e. The van der Waals surface area contributed by atoms with Gasteiger partial charge in [-0.15, -0.1) is 0 Å². The van der Waals surface area contributed by atoms with Crippen LogP contribution in [-0.2, 0) is 12.8 Å². The van der Waals surface area contributed by atoms with Gasteiger partial charge in [-0.1, -0.05) is 52.0 Å². The summed E-state index contributed by atoms with van der Waals surface area (Å²) in [6, 6.07) is 4.15. The first-order valence-corrected chi connectivity index (χ1v) is 7.38. The zero-order valence-corrected chi connectivity index (χ0v) is 11.9. The predicted octanol–water partition coefficient (Wildman–Crippen LogP) is 3.91. The Balaban J connectivity index is 2.20. The van der Waals surface area contributed by atoms with Gasteiger partial charge in [0.15, 0.2) is 0 Å². The van der Waals surface area contributed by atoms with E-state index in [0.717, 1.165) is 25.0 Å². The number of rotatable bonds is 9. The number of hydrogen-bond donors (Lipinski definition) is 1. The van der Waals surface area contributed by atoms with Crippen molar-refractivity contribution in [3.63, 3.8) is 0 Å². The Labute approximate surface area is 111 Å². The molecule has 102 valence electrons. The average molecular weight is 249 g/mol. The second-order valence-corrected chi connectivity index (χ2v) is 5.07. The average Bonchev–Trinajstić information content (AvgIpc) is 2.39. The summed E-state index contributed by atoms with van der Waals surface area (Å²) in [4.78, 5) is 4.39. The summed E-state index contributed by atoms with van der Waals surface area (Å²) >= 11 is 0. The number of aliphatic hydroxyl groups is 1. The molecule has 1 N–H and O–H groups in total. The number of aromatic nitrogens is 1. The third-order valence-corrected chi connectivity index (χ3v) is 3.38. The minimum absolute atomic E-state index is 0.230. The minimum atomic E-state index is -0.230. The second-order valence-electron chi connectivity index (χ2n) is 5.07. The Morgan fingerprint density at radius 3 is 2.50 bits per heavy atom. The maximum atomic E-state index is 9.95. The third kappa shape index (κ3) is 6.15. The fraction of sp³-hybridized carbons (Fsp3) is 0.688. The van der Waals surface area contributed by atoms with Crippen molar-refractivity contribution in [3.8, 4) is 0 Å². The molecule has 1 rings (SSSR count). The third-order valence-electron chi connectivity index (χ3n) is 3.38. The van der Waals surface area contributed by atoms with E-state index >= 15 is 0 Å². The highest BCUT2D eigenvalue weighted by Gasteiger charge is 2.06. The van der Waals surface area contributed by atoms with E-state index in [-0.39, 0.29) is 6.10 Å². The van der Waals surface area contributed by atoms with E-state index in [1.54, 1.807) is 0 Å². The van der Waals surface area contributed by atoms with Crippen molar-refractivity contribution in [2.45, 2.75) is 71.3 Å². The van der Waals surface area contributed by atoms with Gasteiger partial charge in [0.05, 0.1) is 6.10 Å². The Morgan fingerprint density at radius 1 is 1.11 bits per heavy atom. The van der Waals surface area contributed by atoms with Gasteiger partial charge in [0.1, 0.15) is 0 Å². The topological polar surface area (TPSA) is 33.1 Å². The normalized spacial score (nSPS) is 12.6. The summed E-state index contributed by atoms with van der Waals surface area (Å²) in [5.74, 6) is 0. The Bertz CT molecular complexity index is 307. The highest BCUT2D eigenvalue weighted by molar-refractivity contribution is 5.14. The lowest BCUT2D eigenvalue weighted by Gasteiger charge is -2.10. The summed E-state index contributed by atoms with van der Waals surface area (Å²) < 4.78 is 0. The predicted molar refractivity (Wildman–Crippen MR) is 76.7 cm³/mol. The van der Waals surface area contributed by atoms with Crippen LogP contribution >= 0.6 is 0 Å². The molecule has 0 fully saturated rings.